The number of hydrogen-bond donors (Lipinski definition) is 2. The molecule has 0 heterocycles. The molecule has 17 heavy (non-hydrogen) atoms. The van der Waals surface area contributed by atoms with Crippen LogP contribution < -0.4 is 11.1 Å². The third-order valence-electron chi connectivity index (χ3n) is 3.56. The van der Waals surface area contributed by atoms with Crippen LogP contribution in [0.1, 0.15) is 33.6 Å². The smallest absolute Gasteiger partial charge is 0.224 e. The van der Waals surface area contributed by atoms with Crippen LogP contribution in [-0.4, -0.2) is 43.0 Å². The van der Waals surface area contributed by atoms with Crippen LogP contribution in [0.5, 0.6) is 0 Å². The van der Waals surface area contributed by atoms with E-state index >= 15 is 0 Å². The fraction of sp³-hybridized carbons (Fsp3) is 0.923. The monoisotopic (exact) mass is 241 g/mol. The van der Waals surface area contributed by atoms with Crippen LogP contribution in [0.4, 0.5) is 0 Å². The Morgan fingerprint density at radius 2 is 2.12 bits per heavy atom. The second-order valence-corrected chi connectivity index (χ2v) is 5.24. The molecule has 4 heteroatoms. The second kappa shape index (κ2) is 6.97. The summed E-state index contributed by atoms with van der Waals surface area (Å²) in [5, 5.41) is 3.00. The molecule has 1 amide bonds. The van der Waals surface area contributed by atoms with Crippen LogP contribution in [0.2, 0.25) is 0 Å². The van der Waals surface area contributed by atoms with Gasteiger partial charge in [-0.3, -0.25) is 9.69 Å². The molecule has 1 atom stereocenters. The van der Waals surface area contributed by atoms with E-state index in [2.05, 4.69) is 17.1 Å². The van der Waals surface area contributed by atoms with Crippen molar-refractivity contribution in [3.05, 3.63) is 0 Å². The number of carbonyl (C=O) groups excluding carboxylic acids is 1. The number of hydrogen-bond acceptors (Lipinski definition) is 3. The fourth-order valence-corrected chi connectivity index (χ4v) is 2.17. The molecule has 0 aliphatic heterocycles. The van der Waals surface area contributed by atoms with Gasteiger partial charge in [0.15, 0.2) is 0 Å². The molecule has 1 fully saturated rings. The highest BCUT2D eigenvalue weighted by Crippen LogP contribution is 2.25. The lowest BCUT2D eigenvalue weighted by Crippen LogP contribution is -2.42. The first kappa shape index (κ1) is 14.5. The molecule has 0 aromatic carbocycles. The van der Waals surface area contributed by atoms with Crippen molar-refractivity contribution in [1.82, 2.24) is 10.2 Å². The number of nitrogens with one attached hydrogen (secondary N) is 1. The number of rotatable bonds is 8. The van der Waals surface area contributed by atoms with Gasteiger partial charge in [-0.2, -0.15) is 0 Å². The standard InChI is InChI=1S/C13H27N3O/c1-4-16(11-5-6-11)8-7-15-13(17)12(9-14)10(2)3/h10-12H,4-9,14H2,1-3H3,(H,15,17). The molecule has 1 aliphatic rings. The minimum atomic E-state index is -0.0500. The molecule has 3 N–H and O–H groups in total. The first-order chi connectivity index (χ1) is 8.10. The Balaban J connectivity index is 2.22. The lowest BCUT2D eigenvalue weighted by atomic mass is 9.95. The first-order valence-electron chi connectivity index (χ1n) is 6.82. The number of carbonyl (C=O) groups is 1. The maximum Gasteiger partial charge on any atom is 0.224 e. The molecule has 0 aromatic heterocycles. The average molecular weight is 241 g/mol. The third kappa shape index (κ3) is 4.64. The molecule has 100 valence electrons. The number of likely N-dealkylation sites (N-methyl/N-ethyl adjacent to an activating group) is 1. The highest BCUT2D eigenvalue weighted by Gasteiger charge is 2.27. The third-order valence-corrected chi connectivity index (χ3v) is 3.56. The average Bonchev–Trinajstić information content (AvgIpc) is 3.08. The topological polar surface area (TPSA) is 58.4 Å². The normalized spacial score (nSPS) is 17.5. The lowest BCUT2D eigenvalue weighted by molar-refractivity contribution is -0.126. The maximum atomic E-state index is 11.9. The van der Waals surface area contributed by atoms with Crippen molar-refractivity contribution in [2.45, 2.75) is 39.7 Å². The lowest BCUT2D eigenvalue weighted by Gasteiger charge is -2.22. The molecule has 0 bridgehead atoms. The Morgan fingerprint density at radius 1 is 1.47 bits per heavy atom. The van der Waals surface area contributed by atoms with Gasteiger partial charge >= 0.3 is 0 Å². The molecule has 0 spiro atoms. The van der Waals surface area contributed by atoms with E-state index in [0.29, 0.717) is 12.5 Å². The zero-order valence-corrected chi connectivity index (χ0v) is 11.4. The van der Waals surface area contributed by atoms with Gasteiger partial charge in [-0.15, -0.1) is 0 Å². The largest absolute Gasteiger partial charge is 0.355 e. The van der Waals surface area contributed by atoms with Gasteiger partial charge in [-0.05, 0) is 25.3 Å². The van der Waals surface area contributed by atoms with Crippen molar-refractivity contribution >= 4 is 5.91 Å². The summed E-state index contributed by atoms with van der Waals surface area (Å²) < 4.78 is 0. The summed E-state index contributed by atoms with van der Waals surface area (Å²) in [6, 6.07) is 0.771. The van der Waals surface area contributed by atoms with Crippen LogP contribution in [0.3, 0.4) is 0 Å². The van der Waals surface area contributed by atoms with Gasteiger partial charge in [0.2, 0.25) is 5.91 Å². The van der Waals surface area contributed by atoms with Gasteiger partial charge in [0.1, 0.15) is 0 Å². The molecule has 0 saturated heterocycles. The summed E-state index contributed by atoms with van der Waals surface area (Å²) >= 11 is 0. The van der Waals surface area contributed by atoms with E-state index < -0.39 is 0 Å². The molecule has 0 radical (unpaired) electrons. The molecule has 1 unspecified atom stereocenters. The van der Waals surface area contributed by atoms with Crippen molar-refractivity contribution in [1.29, 1.82) is 0 Å². The summed E-state index contributed by atoms with van der Waals surface area (Å²) in [5.74, 6) is 0.367. The van der Waals surface area contributed by atoms with Gasteiger partial charge in [0.25, 0.3) is 0 Å². The van der Waals surface area contributed by atoms with E-state index in [0.717, 1.165) is 25.7 Å². The summed E-state index contributed by atoms with van der Waals surface area (Å²) in [7, 11) is 0. The van der Waals surface area contributed by atoms with Crippen LogP contribution in [-0.2, 0) is 4.79 Å². The molecular formula is C13H27N3O. The molecular weight excluding hydrogens is 214 g/mol. The van der Waals surface area contributed by atoms with E-state index in [-0.39, 0.29) is 11.8 Å². The van der Waals surface area contributed by atoms with Crippen LogP contribution in [0, 0.1) is 11.8 Å². The van der Waals surface area contributed by atoms with Crippen molar-refractivity contribution in [2.75, 3.05) is 26.2 Å². The van der Waals surface area contributed by atoms with Crippen molar-refractivity contribution in [3.8, 4) is 0 Å². The van der Waals surface area contributed by atoms with Gasteiger partial charge in [-0.25, -0.2) is 0 Å². The molecule has 0 aromatic rings. The van der Waals surface area contributed by atoms with Crippen molar-refractivity contribution in [3.63, 3.8) is 0 Å². The number of nitrogens with two attached hydrogens (primary N) is 1. The van der Waals surface area contributed by atoms with E-state index in [9.17, 15) is 4.79 Å². The first-order valence-corrected chi connectivity index (χ1v) is 6.82. The summed E-state index contributed by atoms with van der Waals surface area (Å²) in [4.78, 5) is 14.3. The Morgan fingerprint density at radius 3 is 2.53 bits per heavy atom. The van der Waals surface area contributed by atoms with E-state index in [1.54, 1.807) is 0 Å². The fourth-order valence-electron chi connectivity index (χ4n) is 2.17. The maximum absolute atomic E-state index is 11.9. The number of amides is 1. The summed E-state index contributed by atoms with van der Waals surface area (Å²) in [6.45, 7) is 9.47. The zero-order valence-electron chi connectivity index (χ0n) is 11.4. The minimum Gasteiger partial charge on any atom is -0.355 e. The molecule has 1 rings (SSSR count). The molecule has 4 nitrogen and oxygen atoms in total. The van der Waals surface area contributed by atoms with Crippen molar-refractivity contribution in [2.24, 2.45) is 17.6 Å². The predicted octanol–water partition coefficient (Wildman–Crippen LogP) is 0.818. The predicted molar refractivity (Wildman–Crippen MR) is 70.7 cm³/mol. The Hall–Kier alpha value is -0.610. The second-order valence-electron chi connectivity index (χ2n) is 5.24. The quantitative estimate of drug-likeness (QED) is 0.661. The number of nitrogens with zero attached hydrogens (tertiary/aromatic N) is 1. The zero-order chi connectivity index (χ0) is 12.8. The van der Waals surface area contributed by atoms with E-state index in [1.165, 1.54) is 12.8 Å². The van der Waals surface area contributed by atoms with Gasteiger partial charge in [0, 0.05) is 25.7 Å². The van der Waals surface area contributed by atoms with Crippen LogP contribution >= 0.6 is 0 Å². The highest BCUT2D eigenvalue weighted by atomic mass is 16.1. The van der Waals surface area contributed by atoms with Gasteiger partial charge in [-0.1, -0.05) is 20.8 Å². The highest BCUT2D eigenvalue weighted by molar-refractivity contribution is 5.79. The Labute approximate surface area is 105 Å². The Kier molecular flexibility index (Phi) is 5.92. The summed E-state index contributed by atoms with van der Waals surface area (Å²) in [6.07, 6.45) is 2.64. The molecule has 1 aliphatic carbocycles. The van der Waals surface area contributed by atoms with E-state index in [4.69, 9.17) is 5.73 Å². The SMILES string of the molecule is CCN(CCNC(=O)C(CN)C(C)C)C1CC1. The van der Waals surface area contributed by atoms with Crippen LogP contribution in [0.15, 0.2) is 0 Å². The van der Waals surface area contributed by atoms with Gasteiger partial charge < -0.3 is 11.1 Å². The van der Waals surface area contributed by atoms with Crippen molar-refractivity contribution < 1.29 is 4.79 Å². The van der Waals surface area contributed by atoms with Gasteiger partial charge in [0.05, 0.1) is 5.92 Å². The minimum absolute atomic E-state index is 0.0500. The van der Waals surface area contributed by atoms with E-state index in [1.807, 2.05) is 13.8 Å². The summed E-state index contributed by atoms with van der Waals surface area (Å²) in [5.41, 5.74) is 5.62. The Bertz CT molecular complexity index is 239. The van der Waals surface area contributed by atoms with Crippen LogP contribution in [0.25, 0.3) is 0 Å². The molecule has 1 saturated carbocycles.